The number of hydrogen-bond acceptors (Lipinski definition) is 6. The first-order valence-electron chi connectivity index (χ1n) is 7.48. The van der Waals surface area contributed by atoms with Crippen LogP contribution in [0.25, 0.3) is 0 Å². The monoisotopic (exact) mass is 376 g/mol. The molecule has 1 atom stereocenters. The number of nitrogens with two attached hydrogens (primary N) is 1. The maximum atomic E-state index is 11.8. The van der Waals surface area contributed by atoms with Crippen LogP contribution in [-0.2, 0) is 20.7 Å². The van der Waals surface area contributed by atoms with Gasteiger partial charge in [0.1, 0.15) is 12.6 Å². The predicted molar refractivity (Wildman–Crippen MR) is 99.9 cm³/mol. The van der Waals surface area contributed by atoms with Crippen LogP contribution in [0.4, 0.5) is 5.69 Å². The van der Waals surface area contributed by atoms with Gasteiger partial charge in [0.2, 0.25) is 0 Å². The largest absolute Gasteiger partial charge is 0.480 e. The number of carbonyl (C=O) groups excluding carboxylic acids is 1. The Morgan fingerprint density at radius 1 is 1.46 bits per heavy atom. The van der Waals surface area contributed by atoms with E-state index in [0.717, 1.165) is 23.4 Å². The molecule has 24 heavy (non-hydrogen) atoms. The topological polar surface area (TPSA) is 102 Å². The van der Waals surface area contributed by atoms with E-state index in [1.807, 2.05) is 24.5 Å². The third-order valence-electron chi connectivity index (χ3n) is 2.90. The molecule has 0 radical (unpaired) electrons. The van der Waals surface area contributed by atoms with Gasteiger partial charge in [-0.1, -0.05) is 30.7 Å². The van der Waals surface area contributed by atoms with E-state index in [2.05, 4.69) is 18.0 Å². The van der Waals surface area contributed by atoms with Crippen molar-refractivity contribution in [3.8, 4) is 0 Å². The summed E-state index contributed by atoms with van der Waals surface area (Å²) >= 11 is 7.81. The smallest absolute Gasteiger partial charge is 0.328 e. The van der Waals surface area contributed by atoms with E-state index in [1.54, 1.807) is 18.7 Å². The van der Waals surface area contributed by atoms with E-state index in [1.165, 1.54) is 0 Å². The molecule has 6 nitrogen and oxygen atoms in total. The lowest BCUT2D eigenvalue weighted by Crippen LogP contribution is -2.29. The van der Waals surface area contributed by atoms with Crippen LogP contribution in [0.3, 0.4) is 0 Å². The molecule has 0 aliphatic rings. The molecule has 1 aromatic carbocycles. The summed E-state index contributed by atoms with van der Waals surface area (Å²) < 4.78 is 5.16. The number of halogens is 1. The van der Waals surface area contributed by atoms with Gasteiger partial charge in [0.15, 0.2) is 0 Å². The molecule has 1 aromatic rings. The first kappa shape index (κ1) is 22.6. The Labute approximate surface area is 152 Å². The third-order valence-corrected chi connectivity index (χ3v) is 3.79. The fourth-order valence-electron chi connectivity index (χ4n) is 1.65. The van der Waals surface area contributed by atoms with Crippen LogP contribution >= 0.6 is 23.4 Å². The number of aryl methyl sites for hydroxylation is 1. The Morgan fingerprint density at radius 3 is 2.58 bits per heavy atom. The molecule has 0 aliphatic heterocycles. The van der Waals surface area contributed by atoms with Crippen molar-refractivity contribution in [3.63, 3.8) is 0 Å². The van der Waals surface area contributed by atoms with Crippen LogP contribution in [0.2, 0.25) is 5.02 Å². The standard InChI is InChI=1S/C14H20ClNO2S.C2H5NO2/c1-4-11-6-5-7-12(15)13(11)16-10(2)14(17)18-8-9-19-3;3-1-2(4)5/h5-7,10,16H,4,8-9H2,1-3H3;1,3H2,(H,4,5)/t10-;/m0./s1. The van der Waals surface area contributed by atoms with Crippen LogP contribution in [0.5, 0.6) is 0 Å². The van der Waals surface area contributed by atoms with Gasteiger partial charge >= 0.3 is 11.9 Å². The highest BCUT2D eigenvalue weighted by Crippen LogP contribution is 2.27. The molecule has 4 N–H and O–H groups in total. The summed E-state index contributed by atoms with van der Waals surface area (Å²) in [6, 6.07) is 5.31. The maximum Gasteiger partial charge on any atom is 0.328 e. The number of hydrogen-bond donors (Lipinski definition) is 3. The lowest BCUT2D eigenvalue weighted by Gasteiger charge is -2.18. The van der Waals surface area contributed by atoms with Crippen LogP contribution in [0.15, 0.2) is 18.2 Å². The van der Waals surface area contributed by atoms with E-state index in [4.69, 9.17) is 21.4 Å². The molecule has 136 valence electrons. The Balaban J connectivity index is 0.000000922. The quantitative estimate of drug-likeness (QED) is 0.473. The van der Waals surface area contributed by atoms with Gasteiger partial charge in [-0.2, -0.15) is 11.8 Å². The predicted octanol–water partition coefficient (Wildman–Crippen LogP) is 2.64. The summed E-state index contributed by atoms with van der Waals surface area (Å²) in [4.78, 5) is 21.0. The van der Waals surface area contributed by atoms with Gasteiger partial charge in [-0.3, -0.25) is 4.79 Å². The van der Waals surface area contributed by atoms with Crippen LogP contribution in [0, 0.1) is 0 Å². The molecule has 0 spiro atoms. The molecule has 8 heteroatoms. The second-order valence-electron chi connectivity index (χ2n) is 4.75. The van der Waals surface area contributed by atoms with Gasteiger partial charge in [-0.05, 0) is 31.2 Å². The lowest BCUT2D eigenvalue weighted by molar-refractivity contribution is -0.143. The number of anilines is 1. The van der Waals surface area contributed by atoms with Gasteiger partial charge in [-0.25, -0.2) is 4.79 Å². The summed E-state index contributed by atoms with van der Waals surface area (Å²) in [6.45, 7) is 4.00. The minimum absolute atomic E-state index is 0.254. The molecule has 0 heterocycles. The van der Waals surface area contributed by atoms with Crippen molar-refractivity contribution in [1.82, 2.24) is 0 Å². The Hall–Kier alpha value is -1.44. The summed E-state index contributed by atoms with van der Waals surface area (Å²) in [5.74, 6) is -0.411. The van der Waals surface area contributed by atoms with Gasteiger partial charge in [-0.15, -0.1) is 0 Å². The molecular weight excluding hydrogens is 352 g/mol. The third kappa shape index (κ3) is 9.00. The highest BCUT2D eigenvalue weighted by Gasteiger charge is 2.16. The number of carboxylic acids is 1. The zero-order chi connectivity index (χ0) is 18.5. The number of carbonyl (C=O) groups is 2. The molecule has 0 saturated carbocycles. The first-order chi connectivity index (χ1) is 11.4. The average Bonchev–Trinajstić information content (AvgIpc) is 2.57. The van der Waals surface area contributed by atoms with E-state index in [0.29, 0.717) is 11.6 Å². The normalized spacial score (nSPS) is 11.0. The molecule has 0 aliphatic carbocycles. The van der Waals surface area contributed by atoms with Crippen molar-refractivity contribution in [2.75, 3.05) is 30.5 Å². The number of esters is 1. The van der Waals surface area contributed by atoms with Crippen molar-refractivity contribution in [2.24, 2.45) is 5.73 Å². The molecule has 0 fully saturated rings. The van der Waals surface area contributed by atoms with Gasteiger partial charge in [0.25, 0.3) is 0 Å². The fourth-order valence-corrected chi connectivity index (χ4v) is 2.15. The first-order valence-corrected chi connectivity index (χ1v) is 9.25. The van der Waals surface area contributed by atoms with Crippen molar-refractivity contribution in [2.45, 2.75) is 26.3 Å². The van der Waals surface area contributed by atoms with E-state index < -0.39 is 12.0 Å². The number of rotatable bonds is 8. The lowest BCUT2D eigenvalue weighted by atomic mass is 10.1. The molecule has 0 saturated heterocycles. The molecule has 0 amide bonds. The van der Waals surface area contributed by atoms with Crippen molar-refractivity contribution in [1.29, 1.82) is 0 Å². The van der Waals surface area contributed by atoms with Gasteiger partial charge in [0.05, 0.1) is 17.3 Å². The number of aliphatic carboxylic acids is 1. The fraction of sp³-hybridized carbons (Fsp3) is 0.500. The van der Waals surface area contributed by atoms with Crippen LogP contribution < -0.4 is 11.1 Å². The number of benzene rings is 1. The molecular formula is C16H25ClN2O4S. The summed E-state index contributed by atoms with van der Waals surface area (Å²) in [5, 5.41) is 11.4. The minimum Gasteiger partial charge on any atom is -0.480 e. The minimum atomic E-state index is -0.968. The Morgan fingerprint density at radius 2 is 2.08 bits per heavy atom. The van der Waals surface area contributed by atoms with Crippen LogP contribution in [-0.4, -0.2) is 48.2 Å². The van der Waals surface area contributed by atoms with Gasteiger partial charge < -0.3 is 20.9 Å². The van der Waals surface area contributed by atoms with E-state index >= 15 is 0 Å². The Bertz CT molecular complexity index is 529. The van der Waals surface area contributed by atoms with Gasteiger partial charge in [0, 0.05) is 5.75 Å². The van der Waals surface area contributed by atoms with Crippen molar-refractivity contribution < 1.29 is 19.4 Å². The van der Waals surface area contributed by atoms with E-state index in [9.17, 15) is 9.59 Å². The Kier molecular flexibility index (Phi) is 12.1. The van der Waals surface area contributed by atoms with Crippen molar-refractivity contribution in [3.05, 3.63) is 28.8 Å². The average molecular weight is 377 g/mol. The summed E-state index contributed by atoms with van der Waals surface area (Å²) in [7, 11) is 0. The second kappa shape index (κ2) is 12.9. The zero-order valence-corrected chi connectivity index (χ0v) is 15.7. The van der Waals surface area contributed by atoms with Crippen molar-refractivity contribution >= 4 is 41.0 Å². The molecule has 0 aromatic heterocycles. The highest BCUT2D eigenvalue weighted by atomic mass is 35.5. The van der Waals surface area contributed by atoms with E-state index in [-0.39, 0.29) is 12.5 Å². The second-order valence-corrected chi connectivity index (χ2v) is 6.14. The molecule has 1 rings (SSSR count). The zero-order valence-electron chi connectivity index (χ0n) is 14.2. The summed E-state index contributed by atoms with van der Waals surface area (Å²) in [5.41, 5.74) is 6.49. The SMILES string of the molecule is CCc1cccc(Cl)c1N[C@@H](C)C(=O)OCCSC.NCC(=O)O. The van der Waals surface area contributed by atoms with Crippen LogP contribution in [0.1, 0.15) is 19.4 Å². The number of ether oxygens (including phenoxy) is 1. The molecule has 0 bridgehead atoms. The summed E-state index contributed by atoms with van der Waals surface area (Å²) in [6.07, 6.45) is 2.84. The highest BCUT2D eigenvalue weighted by molar-refractivity contribution is 7.98. The number of nitrogens with one attached hydrogen (secondary N) is 1. The number of thioether (sulfide) groups is 1. The number of para-hydroxylation sites is 1. The maximum absolute atomic E-state index is 11.8. The molecule has 0 unspecified atom stereocenters. The number of carboxylic acid groups (broad SMARTS) is 1.